The normalized spacial score (nSPS) is 27.8. The van der Waals surface area contributed by atoms with E-state index in [1.165, 1.54) is 12.8 Å². The monoisotopic (exact) mass is 330 g/mol. The second kappa shape index (κ2) is 6.22. The number of amides is 2. The first-order chi connectivity index (χ1) is 11.6. The molecule has 3 fully saturated rings. The van der Waals surface area contributed by atoms with E-state index in [0.29, 0.717) is 25.4 Å². The van der Waals surface area contributed by atoms with Gasteiger partial charge in [-0.1, -0.05) is 0 Å². The minimum absolute atomic E-state index is 0.144. The average Bonchev–Trinajstić information content (AvgIpc) is 3.18. The predicted octanol–water partition coefficient (Wildman–Crippen LogP) is 1.61. The minimum atomic E-state index is -0.144. The van der Waals surface area contributed by atoms with Crippen LogP contribution in [0.3, 0.4) is 0 Å². The second-order valence-corrected chi connectivity index (χ2v) is 7.72. The molecule has 1 aromatic heterocycles. The maximum atomic E-state index is 12.9. The first-order valence-electron chi connectivity index (χ1n) is 9.17. The van der Waals surface area contributed by atoms with Gasteiger partial charge < -0.3 is 9.80 Å². The van der Waals surface area contributed by atoms with E-state index in [1.54, 1.807) is 0 Å². The topological polar surface area (TPSA) is 58.4 Å². The van der Waals surface area contributed by atoms with Gasteiger partial charge in [-0.2, -0.15) is 5.10 Å². The van der Waals surface area contributed by atoms with Crippen LogP contribution in [0, 0.1) is 18.8 Å². The zero-order valence-electron chi connectivity index (χ0n) is 14.4. The van der Waals surface area contributed by atoms with Crippen molar-refractivity contribution in [1.82, 2.24) is 19.6 Å². The van der Waals surface area contributed by atoms with Crippen molar-refractivity contribution in [2.75, 3.05) is 26.2 Å². The van der Waals surface area contributed by atoms with Crippen LogP contribution in [-0.2, 0) is 9.59 Å². The fourth-order valence-electron chi connectivity index (χ4n) is 3.99. The molecular weight excluding hydrogens is 304 g/mol. The van der Waals surface area contributed by atoms with Crippen LogP contribution in [-0.4, -0.2) is 57.6 Å². The maximum Gasteiger partial charge on any atom is 0.228 e. The van der Waals surface area contributed by atoms with Gasteiger partial charge in [0, 0.05) is 38.8 Å². The van der Waals surface area contributed by atoms with Crippen molar-refractivity contribution < 1.29 is 9.59 Å². The van der Waals surface area contributed by atoms with Crippen LogP contribution in [0.1, 0.15) is 43.7 Å². The van der Waals surface area contributed by atoms with E-state index in [2.05, 4.69) is 11.3 Å². The molecule has 24 heavy (non-hydrogen) atoms. The van der Waals surface area contributed by atoms with Crippen LogP contribution in [0.5, 0.6) is 0 Å². The standard InChI is InChI=1S/C18H26N4O2/c1-13-8-19-22(9-13)16-3-2-6-20(12-16)18(24)15-7-17(23)21(11-15)10-14-4-5-14/h8-9,14-16H,2-7,10-12H2,1H3/t15-,16+/m0/s1. The van der Waals surface area contributed by atoms with Crippen LogP contribution in [0.15, 0.2) is 12.4 Å². The molecule has 4 rings (SSSR count). The van der Waals surface area contributed by atoms with E-state index in [1.807, 2.05) is 27.6 Å². The van der Waals surface area contributed by atoms with Gasteiger partial charge in [0.15, 0.2) is 0 Å². The van der Waals surface area contributed by atoms with Crippen molar-refractivity contribution in [2.45, 2.75) is 45.1 Å². The summed E-state index contributed by atoms with van der Waals surface area (Å²) in [7, 11) is 0. The van der Waals surface area contributed by atoms with Gasteiger partial charge in [-0.05, 0) is 44.1 Å². The minimum Gasteiger partial charge on any atom is -0.342 e. The number of hydrogen-bond donors (Lipinski definition) is 0. The first kappa shape index (κ1) is 15.7. The third kappa shape index (κ3) is 3.19. The molecule has 2 atom stereocenters. The van der Waals surface area contributed by atoms with Crippen LogP contribution < -0.4 is 0 Å². The average molecular weight is 330 g/mol. The molecule has 0 aromatic carbocycles. The van der Waals surface area contributed by atoms with E-state index in [4.69, 9.17) is 0 Å². The van der Waals surface area contributed by atoms with E-state index in [-0.39, 0.29) is 23.8 Å². The molecule has 0 spiro atoms. The van der Waals surface area contributed by atoms with E-state index >= 15 is 0 Å². The zero-order valence-corrected chi connectivity index (χ0v) is 14.4. The third-order valence-electron chi connectivity index (χ3n) is 5.55. The van der Waals surface area contributed by atoms with Gasteiger partial charge in [-0.15, -0.1) is 0 Å². The van der Waals surface area contributed by atoms with Crippen LogP contribution in [0.2, 0.25) is 0 Å². The number of hydrogen-bond acceptors (Lipinski definition) is 3. The molecule has 1 aromatic rings. The Bertz CT molecular complexity index is 637. The highest BCUT2D eigenvalue weighted by atomic mass is 16.2. The lowest BCUT2D eigenvalue weighted by Gasteiger charge is -2.34. The number of aryl methyl sites for hydroxylation is 1. The quantitative estimate of drug-likeness (QED) is 0.843. The maximum absolute atomic E-state index is 12.9. The van der Waals surface area contributed by atoms with Gasteiger partial charge in [-0.25, -0.2) is 0 Å². The Kier molecular flexibility index (Phi) is 4.06. The molecule has 0 N–H and O–H groups in total. The van der Waals surface area contributed by atoms with Crippen molar-refractivity contribution in [1.29, 1.82) is 0 Å². The molecular formula is C18H26N4O2. The number of carbonyl (C=O) groups is 2. The summed E-state index contributed by atoms with van der Waals surface area (Å²) >= 11 is 0. The highest BCUT2D eigenvalue weighted by molar-refractivity contribution is 5.89. The molecule has 3 aliphatic rings. The lowest BCUT2D eigenvalue weighted by Crippen LogP contribution is -2.44. The molecule has 2 saturated heterocycles. The summed E-state index contributed by atoms with van der Waals surface area (Å²) in [6.45, 7) is 5.04. The highest BCUT2D eigenvalue weighted by Crippen LogP contribution is 2.32. The summed E-state index contributed by atoms with van der Waals surface area (Å²) in [5, 5.41) is 4.41. The third-order valence-corrected chi connectivity index (χ3v) is 5.55. The number of rotatable bonds is 4. The summed E-state index contributed by atoms with van der Waals surface area (Å²) in [6, 6.07) is 0.260. The summed E-state index contributed by atoms with van der Waals surface area (Å²) in [6.07, 6.45) is 8.85. The molecule has 0 bridgehead atoms. The van der Waals surface area contributed by atoms with Gasteiger partial charge in [0.2, 0.25) is 11.8 Å². The Morgan fingerprint density at radius 1 is 1.29 bits per heavy atom. The predicted molar refractivity (Wildman–Crippen MR) is 89.2 cm³/mol. The molecule has 0 radical (unpaired) electrons. The van der Waals surface area contributed by atoms with Crippen LogP contribution in [0.25, 0.3) is 0 Å². The second-order valence-electron chi connectivity index (χ2n) is 7.72. The van der Waals surface area contributed by atoms with Crippen LogP contribution in [0.4, 0.5) is 0 Å². The van der Waals surface area contributed by atoms with E-state index in [0.717, 1.165) is 31.5 Å². The molecule has 6 nitrogen and oxygen atoms in total. The van der Waals surface area contributed by atoms with Gasteiger partial charge in [0.25, 0.3) is 0 Å². The fourth-order valence-corrected chi connectivity index (χ4v) is 3.99. The van der Waals surface area contributed by atoms with E-state index in [9.17, 15) is 9.59 Å². The number of carbonyl (C=O) groups excluding carboxylic acids is 2. The van der Waals surface area contributed by atoms with Gasteiger partial charge >= 0.3 is 0 Å². The Hall–Kier alpha value is -1.85. The van der Waals surface area contributed by atoms with Gasteiger partial charge in [0.05, 0.1) is 18.2 Å². The van der Waals surface area contributed by atoms with Crippen molar-refractivity contribution in [3.8, 4) is 0 Å². The lowest BCUT2D eigenvalue weighted by atomic mass is 10.0. The molecule has 3 heterocycles. The largest absolute Gasteiger partial charge is 0.342 e. The van der Waals surface area contributed by atoms with Crippen molar-refractivity contribution in [3.05, 3.63) is 18.0 Å². The highest BCUT2D eigenvalue weighted by Gasteiger charge is 2.39. The van der Waals surface area contributed by atoms with Gasteiger partial charge in [0.1, 0.15) is 0 Å². The molecule has 1 aliphatic carbocycles. The number of piperidine rings is 1. The Balaban J connectivity index is 1.38. The van der Waals surface area contributed by atoms with Crippen molar-refractivity contribution in [2.24, 2.45) is 11.8 Å². The summed E-state index contributed by atoms with van der Waals surface area (Å²) < 4.78 is 1.99. The Labute approximate surface area is 142 Å². The molecule has 2 amide bonds. The number of aromatic nitrogens is 2. The SMILES string of the molecule is Cc1cnn([C@@H]2CCCN(C(=O)[C@H]3CC(=O)N(CC4CC4)C3)C2)c1. The van der Waals surface area contributed by atoms with E-state index < -0.39 is 0 Å². The molecule has 130 valence electrons. The van der Waals surface area contributed by atoms with Crippen LogP contribution >= 0.6 is 0 Å². The smallest absolute Gasteiger partial charge is 0.228 e. The Morgan fingerprint density at radius 3 is 2.83 bits per heavy atom. The summed E-state index contributed by atoms with van der Waals surface area (Å²) in [5.74, 6) is 0.867. The summed E-state index contributed by atoms with van der Waals surface area (Å²) in [5.41, 5.74) is 1.15. The zero-order chi connectivity index (χ0) is 16.7. The first-order valence-corrected chi connectivity index (χ1v) is 9.17. The fraction of sp³-hybridized carbons (Fsp3) is 0.722. The molecule has 6 heteroatoms. The lowest BCUT2D eigenvalue weighted by molar-refractivity contribution is -0.137. The molecule has 2 aliphatic heterocycles. The number of nitrogens with zero attached hydrogens (tertiary/aromatic N) is 4. The van der Waals surface area contributed by atoms with Crippen molar-refractivity contribution >= 4 is 11.8 Å². The van der Waals surface area contributed by atoms with Crippen molar-refractivity contribution in [3.63, 3.8) is 0 Å². The number of likely N-dealkylation sites (tertiary alicyclic amines) is 2. The summed E-state index contributed by atoms with van der Waals surface area (Å²) in [4.78, 5) is 28.9. The Morgan fingerprint density at radius 2 is 2.12 bits per heavy atom. The molecule has 0 unspecified atom stereocenters. The molecule has 1 saturated carbocycles. The van der Waals surface area contributed by atoms with Gasteiger partial charge in [-0.3, -0.25) is 14.3 Å².